The number of esters is 1. The second-order valence-corrected chi connectivity index (χ2v) is 6.16. The molecule has 0 aliphatic carbocycles. The van der Waals surface area contributed by atoms with Crippen molar-refractivity contribution in [2.75, 3.05) is 13.2 Å². The number of nitrogens with zero attached hydrogens (tertiary/aromatic N) is 3. The van der Waals surface area contributed by atoms with Crippen molar-refractivity contribution < 1.29 is 34.4 Å². The number of nitrogens with two attached hydrogens (primary N) is 3. The van der Waals surface area contributed by atoms with Crippen LogP contribution in [0.15, 0.2) is 6.33 Å². The number of carbonyl (C=O) groups excluding carboxylic acids is 2. The predicted octanol–water partition coefficient (Wildman–Crippen LogP) is -4.03. The van der Waals surface area contributed by atoms with Crippen LogP contribution in [0.4, 0.5) is 0 Å². The van der Waals surface area contributed by atoms with Crippen LogP contribution in [0.5, 0.6) is 0 Å². The number of hydrogen-bond donors (Lipinski definition) is 6. The Morgan fingerprint density at radius 3 is 2.63 bits per heavy atom. The molecule has 0 spiro atoms. The number of aliphatic hydroxyl groups excluding tert-OH is 3. The van der Waals surface area contributed by atoms with Gasteiger partial charge >= 0.3 is 5.97 Å². The van der Waals surface area contributed by atoms with Gasteiger partial charge in [0.25, 0.3) is 5.91 Å². The largest absolute Gasteiger partial charge is 0.462 e. The molecular weight excluding hydrogens is 364 g/mol. The molecule has 0 aromatic carbocycles. The normalized spacial score (nSPS) is 27.3. The molecule has 0 bridgehead atoms. The second-order valence-electron chi connectivity index (χ2n) is 6.16. The van der Waals surface area contributed by atoms with Gasteiger partial charge in [-0.2, -0.15) is 0 Å². The van der Waals surface area contributed by atoms with Gasteiger partial charge in [-0.15, -0.1) is 5.10 Å². The van der Waals surface area contributed by atoms with E-state index >= 15 is 0 Å². The summed E-state index contributed by atoms with van der Waals surface area (Å²) in [5.74, 6) is -1.88. The summed E-state index contributed by atoms with van der Waals surface area (Å²) in [6.45, 7) is -0.305. The maximum Gasteiger partial charge on any atom is 0.323 e. The topological polar surface area (TPSA) is 222 Å². The first-order chi connectivity index (χ1) is 12.7. The standard InChI is InChI=1S/C14H24N6O7/c15-3-6(21)1-2-7(16)14(25)26-4-8-9(22)10(23)13(27-8)20-5-18-12(19-20)11(17)24/h5-10,13,21-23H,1-4,15-16H2,(H2,17,24)/t6-,7-,8+,9+,10+,13+/m0/s1. The van der Waals surface area contributed by atoms with Crippen LogP contribution in [0.1, 0.15) is 29.7 Å². The van der Waals surface area contributed by atoms with E-state index in [-0.39, 0.29) is 31.8 Å². The number of aromatic nitrogens is 3. The average Bonchev–Trinajstić information content (AvgIpc) is 3.24. The fourth-order valence-electron chi connectivity index (χ4n) is 2.47. The molecule has 0 unspecified atom stereocenters. The monoisotopic (exact) mass is 388 g/mol. The minimum atomic E-state index is -1.40. The zero-order valence-corrected chi connectivity index (χ0v) is 14.4. The molecule has 0 radical (unpaired) electrons. The Labute approximate surface area is 154 Å². The van der Waals surface area contributed by atoms with Crippen molar-refractivity contribution in [3.63, 3.8) is 0 Å². The van der Waals surface area contributed by atoms with Crippen molar-refractivity contribution >= 4 is 11.9 Å². The highest BCUT2D eigenvalue weighted by atomic mass is 16.6. The summed E-state index contributed by atoms with van der Waals surface area (Å²) in [7, 11) is 0. The molecule has 1 aromatic heterocycles. The van der Waals surface area contributed by atoms with Gasteiger partial charge in [0.2, 0.25) is 5.82 Å². The summed E-state index contributed by atoms with van der Waals surface area (Å²) in [6.07, 6.45) is -4.18. The van der Waals surface area contributed by atoms with Crippen LogP contribution in [-0.2, 0) is 14.3 Å². The lowest BCUT2D eigenvalue weighted by molar-refractivity contribution is -0.152. The van der Waals surface area contributed by atoms with E-state index in [9.17, 15) is 24.9 Å². The Bertz CT molecular complexity index is 656. The van der Waals surface area contributed by atoms with Gasteiger partial charge in [0.05, 0.1) is 6.10 Å². The fourth-order valence-corrected chi connectivity index (χ4v) is 2.47. The molecule has 1 aliphatic rings. The molecule has 0 saturated carbocycles. The molecule has 152 valence electrons. The third kappa shape index (κ3) is 5.18. The summed E-state index contributed by atoms with van der Waals surface area (Å²) >= 11 is 0. The first-order valence-corrected chi connectivity index (χ1v) is 8.27. The SMILES string of the molecule is NC[C@@H](O)CC[C@H](N)C(=O)OC[C@H]1O[C@@H](n2cnc(C(N)=O)n2)[C@H](O)[C@@H]1O. The average molecular weight is 388 g/mol. The molecule has 13 heteroatoms. The van der Waals surface area contributed by atoms with Crippen LogP contribution in [0.2, 0.25) is 0 Å². The van der Waals surface area contributed by atoms with Gasteiger partial charge in [-0.05, 0) is 12.8 Å². The number of primary amides is 1. The van der Waals surface area contributed by atoms with E-state index in [2.05, 4.69) is 10.1 Å². The summed E-state index contributed by atoms with van der Waals surface area (Å²) < 4.78 is 11.5. The number of hydrogen-bond acceptors (Lipinski definition) is 11. The molecule has 1 fully saturated rings. The van der Waals surface area contributed by atoms with Gasteiger partial charge in [-0.25, -0.2) is 9.67 Å². The maximum absolute atomic E-state index is 11.9. The van der Waals surface area contributed by atoms with E-state index < -0.39 is 48.6 Å². The molecule has 1 amide bonds. The predicted molar refractivity (Wildman–Crippen MR) is 87.7 cm³/mol. The lowest BCUT2D eigenvalue weighted by Crippen LogP contribution is -2.38. The van der Waals surface area contributed by atoms with E-state index in [1.807, 2.05) is 0 Å². The van der Waals surface area contributed by atoms with Crippen molar-refractivity contribution in [1.82, 2.24) is 14.8 Å². The Balaban J connectivity index is 1.88. The molecule has 2 rings (SSSR count). The van der Waals surface area contributed by atoms with E-state index in [0.29, 0.717) is 0 Å². The summed E-state index contributed by atoms with van der Waals surface area (Å²) in [4.78, 5) is 26.6. The summed E-state index contributed by atoms with van der Waals surface area (Å²) in [6, 6.07) is -0.973. The van der Waals surface area contributed by atoms with Crippen molar-refractivity contribution in [2.45, 2.75) is 49.5 Å². The van der Waals surface area contributed by atoms with Crippen molar-refractivity contribution in [1.29, 1.82) is 0 Å². The fraction of sp³-hybridized carbons (Fsp3) is 0.714. The molecule has 13 nitrogen and oxygen atoms in total. The molecule has 6 atom stereocenters. The van der Waals surface area contributed by atoms with Crippen molar-refractivity contribution in [2.24, 2.45) is 17.2 Å². The van der Waals surface area contributed by atoms with E-state index in [0.717, 1.165) is 11.0 Å². The van der Waals surface area contributed by atoms with Gasteiger partial charge in [0, 0.05) is 6.54 Å². The minimum Gasteiger partial charge on any atom is -0.462 e. The highest BCUT2D eigenvalue weighted by Crippen LogP contribution is 2.29. The van der Waals surface area contributed by atoms with Gasteiger partial charge in [-0.3, -0.25) is 9.59 Å². The molecule has 1 aliphatic heterocycles. The quantitative estimate of drug-likeness (QED) is 0.223. The number of amides is 1. The second kappa shape index (κ2) is 9.16. The van der Waals surface area contributed by atoms with Crippen LogP contribution < -0.4 is 17.2 Å². The van der Waals surface area contributed by atoms with Gasteiger partial charge in [0.15, 0.2) is 6.23 Å². The zero-order chi connectivity index (χ0) is 20.1. The highest BCUT2D eigenvalue weighted by Gasteiger charge is 2.45. The first-order valence-electron chi connectivity index (χ1n) is 8.27. The molecular formula is C14H24N6O7. The third-order valence-corrected chi connectivity index (χ3v) is 4.10. The van der Waals surface area contributed by atoms with Crippen molar-refractivity contribution in [3.8, 4) is 0 Å². The van der Waals surface area contributed by atoms with Crippen molar-refractivity contribution in [3.05, 3.63) is 12.2 Å². The minimum absolute atomic E-state index is 0.0584. The molecule has 2 heterocycles. The number of carbonyl (C=O) groups is 2. The Kier molecular flexibility index (Phi) is 7.18. The van der Waals surface area contributed by atoms with Crippen LogP contribution in [0.25, 0.3) is 0 Å². The summed E-state index contributed by atoms with van der Waals surface area (Å²) in [5.41, 5.74) is 16.0. The number of rotatable bonds is 9. The lowest BCUT2D eigenvalue weighted by atomic mass is 10.1. The lowest BCUT2D eigenvalue weighted by Gasteiger charge is -2.17. The van der Waals surface area contributed by atoms with Gasteiger partial charge in [0.1, 0.15) is 37.3 Å². The Hall–Kier alpha value is -2.16. The van der Waals surface area contributed by atoms with Gasteiger partial charge in [-0.1, -0.05) is 0 Å². The zero-order valence-electron chi connectivity index (χ0n) is 14.4. The molecule has 9 N–H and O–H groups in total. The van der Waals surface area contributed by atoms with Crippen LogP contribution >= 0.6 is 0 Å². The van der Waals surface area contributed by atoms with E-state index in [1.165, 1.54) is 0 Å². The van der Waals surface area contributed by atoms with Crippen LogP contribution in [0, 0.1) is 0 Å². The number of ether oxygens (including phenoxy) is 2. The highest BCUT2D eigenvalue weighted by molar-refractivity contribution is 5.88. The van der Waals surface area contributed by atoms with Crippen LogP contribution in [-0.4, -0.2) is 85.6 Å². The van der Waals surface area contributed by atoms with Gasteiger partial charge < -0.3 is 42.0 Å². The molecule has 1 saturated heterocycles. The first kappa shape index (κ1) is 21.1. The molecule has 27 heavy (non-hydrogen) atoms. The van der Waals surface area contributed by atoms with E-state index in [4.69, 9.17) is 26.7 Å². The summed E-state index contributed by atoms with van der Waals surface area (Å²) in [5, 5.41) is 33.3. The Morgan fingerprint density at radius 1 is 1.33 bits per heavy atom. The smallest absolute Gasteiger partial charge is 0.323 e. The third-order valence-electron chi connectivity index (χ3n) is 4.10. The number of aliphatic hydroxyl groups is 3. The molecule has 1 aromatic rings. The Morgan fingerprint density at radius 2 is 2.04 bits per heavy atom. The maximum atomic E-state index is 11.9. The van der Waals surface area contributed by atoms with E-state index in [1.54, 1.807) is 0 Å². The van der Waals surface area contributed by atoms with Crippen LogP contribution in [0.3, 0.4) is 0 Å².